The van der Waals surface area contributed by atoms with E-state index in [1.54, 1.807) is 0 Å². The summed E-state index contributed by atoms with van der Waals surface area (Å²) >= 11 is 0. The molecule has 0 bridgehead atoms. The summed E-state index contributed by atoms with van der Waals surface area (Å²) in [6.07, 6.45) is 5.25. The van der Waals surface area contributed by atoms with Crippen molar-refractivity contribution in [3.63, 3.8) is 0 Å². The Balaban J connectivity index is 2.06. The Labute approximate surface area is 116 Å². The van der Waals surface area contributed by atoms with Gasteiger partial charge in [-0.15, -0.1) is 0 Å². The predicted octanol–water partition coefficient (Wildman–Crippen LogP) is 0.888. The average Bonchev–Trinajstić information content (AvgIpc) is 2.91. The van der Waals surface area contributed by atoms with E-state index in [2.05, 4.69) is 24.2 Å². The van der Waals surface area contributed by atoms with Crippen molar-refractivity contribution < 1.29 is 9.47 Å². The number of hydrogen-bond donors (Lipinski definition) is 2. The van der Waals surface area contributed by atoms with Gasteiger partial charge in [-0.2, -0.15) is 0 Å². The van der Waals surface area contributed by atoms with Crippen molar-refractivity contribution in [2.75, 3.05) is 32.9 Å². The van der Waals surface area contributed by atoms with Crippen molar-refractivity contribution in [2.45, 2.75) is 57.2 Å². The van der Waals surface area contributed by atoms with Crippen LogP contribution in [0.15, 0.2) is 0 Å². The molecule has 0 aromatic carbocycles. The van der Waals surface area contributed by atoms with Gasteiger partial charge in [0.05, 0.1) is 32.0 Å². The zero-order valence-corrected chi connectivity index (χ0v) is 12.4. The van der Waals surface area contributed by atoms with Crippen LogP contribution in [0.1, 0.15) is 39.5 Å². The molecule has 1 saturated heterocycles. The molecule has 0 radical (unpaired) electrons. The highest BCUT2D eigenvalue weighted by atomic mass is 16.5. The molecule has 3 N–H and O–H groups in total. The van der Waals surface area contributed by atoms with Crippen LogP contribution in [0, 0.1) is 0 Å². The van der Waals surface area contributed by atoms with E-state index >= 15 is 0 Å². The number of morpholine rings is 1. The number of nitrogens with two attached hydrogens (primary N) is 1. The fourth-order valence-electron chi connectivity index (χ4n) is 3.53. The Bertz CT molecular complexity index is 261. The fourth-order valence-corrected chi connectivity index (χ4v) is 3.53. The van der Waals surface area contributed by atoms with E-state index in [-0.39, 0.29) is 17.7 Å². The first kappa shape index (κ1) is 15.2. The summed E-state index contributed by atoms with van der Waals surface area (Å²) in [7, 11) is 0. The van der Waals surface area contributed by atoms with Gasteiger partial charge in [0.15, 0.2) is 0 Å². The maximum absolute atomic E-state index is 5.84. The minimum absolute atomic E-state index is 0.160. The maximum atomic E-state index is 5.84. The van der Waals surface area contributed by atoms with Crippen molar-refractivity contribution in [3.8, 4) is 0 Å². The largest absolute Gasteiger partial charge is 0.379 e. The first-order valence-corrected chi connectivity index (χ1v) is 7.59. The Hall–Kier alpha value is -0.200. The molecule has 1 heterocycles. The highest BCUT2D eigenvalue weighted by Gasteiger charge is 2.46. The molecule has 0 spiro atoms. The molecule has 0 aromatic rings. The third kappa shape index (κ3) is 3.47. The molecule has 0 aromatic heterocycles. The third-order valence-electron chi connectivity index (χ3n) is 4.56. The van der Waals surface area contributed by atoms with E-state index in [4.69, 9.17) is 15.3 Å². The van der Waals surface area contributed by atoms with Crippen LogP contribution in [0.4, 0.5) is 0 Å². The van der Waals surface area contributed by atoms with Crippen molar-refractivity contribution in [1.29, 1.82) is 0 Å². The minimum atomic E-state index is 0.160. The summed E-state index contributed by atoms with van der Waals surface area (Å²) in [5.41, 5.74) is 3.19. The summed E-state index contributed by atoms with van der Waals surface area (Å²) in [6.45, 7) is 8.53. The molecular formula is C14H29N3O2. The lowest BCUT2D eigenvalue weighted by Gasteiger charge is -2.48. The Morgan fingerprint density at radius 3 is 2.42 bits per heavy atom. The molecule has 112 valence electrons. The minimum Gasteiger partial charge on any atom is -0.379 e. The monoisotopic (exact) mass is 271 g/mol. The lowest BCUT2D eigenvalue weighted by atomic mass is 9.86. The molecule has 0 amide bonds. The Kier molecular flexibility index (Phi) is 5.59. The molecular weight excluding hydrogens is 242 g/mol. The summed E-state index contributed by atoms with van der Waals surface area (Å²) in [4.78, 5) is 2.58. The molecule has 2 rings (SSSR count). The topological polar surface area (TPSA) is 59.8 Å². The zero-order valence-electron chi connectivity index (χ0n) is 12.4. The van der Waals surface area contributed by atoms with Gasteiger partial charge in [0.25, 0.3) is 0 Å². The lowest BCUT2D eigenvalue weighted by molar-refractivity contribution is -0.0558. The number of nitrogens with zero attached hydrogens (tertiary/aromatic N) is 1. The second-order valence-corrected chi connectivity index (χ2v) is 6.01. The number of hydrogen-bond acceptors (Lipinski definition) is 5. The molecule has 1 aliphatic heterocycles. The van der Waals surface area contributed by atoms with Crippen molar-refractivity contribution in [1.82, 2.24) is 10.3 Å². The molecule has 1 atom stereocenters. The van der Waals surface area contributed by atoms with Crippen LogP contribution < -0.4 is 11.3 Å². The van der Waals surface area contributed by atoms with Crippen LogP contribution in [-0.4, -0.2) is 55.5 Å². The van der Waals surface area contributed by atoms with Gasteiger partial charge < -0.3 is 9.47 Å². The molecule has 1 unspecified atom stereocenters. The molecule has 1 aliphatic carbocycles. The first-order chi connectivity index (χ1) is 9.19. The van der Waals surface area contributed by atoms with Crippen LogP contribution in [0.5, 0.6) is 0 Å². The summed E-state index contributed by atoms with van der Waals surface area (Å²) < 4.78 is 11.3. The zero-order chi connectivity index (χ0) is 13.7. The van der Waals surface area contributed by atoms with Gasteiger partial charge in [0, 0.05) is 18.6 Å². The van der Waals surface area contributed by atoms with Gasteiger partial charge in [-0.1, -0.05) is 12.8 Å². The van der Waals surface area contributed by atoms with Crippen molar-refractivity contribution in [2.24, 2.45) is 5.84 Å². The molecule has 1 saturated carbocycles. The van der Waals surface area contributed by atoms with Crippen LogP contribution in [-0.2, 0) is 9.47 Å². The van der Waals surface area contributed by atoms with Crippen molar-refractivity contribution >= 4 is 0 Å². The summed E-state index contributed by atoms with van der Waals surface area (Å²) in [6, 6.07) is 0.204. The van der Waals surface area contributed by atoms with Gasteiger partial charge in [-0.25, -0.2) is 0 Å². The van der Waals surface area contributed by atoms with E-state index < -0.39 is 0 Å². The van der Waals surface area contributed by atoms with Crippen molar-refractivity contribution in [3.05, 3.63) is 0 Å². The number of rotatable bonds is 6. The normalized spacial score (nSPS) is 25.9. The van der Waals surface area contributed by atoms with Crippen LogP contribution in [0.3, 0.4) is 0 Å². The number of nitrogens with one attached hydrogen (secondary N) is 1. The van der Waals surface area contributed by atoms with Crippen LogP contribution >= 0.6 is 0 Å². The highest BCUT2D eigenvalue weighted by molar-refractivity contribution is 5.03. The van der Waals surface area contributed by atoms with Gasteiger partial charge in [0.2, 0.25) is 0 Å². The fraction of sp³-hybridized carbons (Fsp3) is 1.00. The van der Waals surface area contributed by atoms with Gasteiger partial charge in [0.1, 0.15) is 0 Å². The SMILES string of the molecule is CC(C)OCC(NN)C1(N2CCOCC2)CCCC1. The first-order valence-electron chi connectivity index (χ1n) is 7.59. The maximum Gasteiger partial charge on any atom is 0.0654 e. The lowest BCUT2D eigenvalue weighted by Crippen LogP contribution is -2.65. The van der Waals surface area contributed by atoms with Crippen LogP contribution in [0.25, 0.3) is 0 Å². The molecule has 5 nitrogen and oxygen atoms in total. The van der Waals surface area contributed by atoms with E-state index in [0.29, 0.717) is 6.61 Å². The third-order valence-corrected chi connectivity index (χ3v) is 4.56. The van der Waals surface area contributed by atoms with Crippen LogP contribution in [0.2, 0.25) is 0 Å². The summed E-state index contributed by atoms with van der Waals surface area (Å²) in [5, 5.41) is 0. The Morgan fingerprint density at radius 2 is 1.89 bits per heavy atom. The smallest absolute Gasteiger partial charge is 0.0654 e. The molecule has 5 heteroatoms. The second kappa shape index (κ2) is 6.99. The number of ether oxygens (including phenoxy) is 2. The van der Waals surface area contributed by atoms with E-state index in [9.17, 15) is 0 Å². The highest BCUT2D eigenvalue weighted by Crippen LogP contribution is 2.38. The van der Waals surface area contributed by atoms with Gasteiger partial charge in [-0.3, -0.25) is 16.2 Å². The summed E-state index contributed by atoms with van der Waals surface area (Å²) in [5.74, 6) is 5.84. The molecule has 19 heavy (non-hydrogen) atoms. The molecule has 2 aliphatic rings. The quantitative estimate of drug-likeness (QED) is 0.555. The second-order valence-electron chi connectivity index (χ2n) is 6.01. The van der Waals surface area contributed by atoms with E-state index in [1.807, 2.05) is 0 Å². The Morgan fingerprint density at radius 1 is 1.26 bits per heavy atom. The van der Waals surface area contributed by atoms with E-state index in [1.165, 1.54) is 25.7 Å². The average molecular weight is 271 g/mol. The van der Waals surface area contributed by atoms with Gasteiger partial charge in [-0.05, 0) is 26.7 Å². The molecule has 2 fully saturated rings. The predicted molar refractivity (Wildman–Crippen MR) is 75.8 cm³/mol. The number of hydrazine groups is 1. The van der Waals surface area contributed by atoms with Gasteiger partial charge >= 0.3 is 0 Å². The standard InChI is InChI=1S/C14H29N3O2/c1-12(2)19-11-13(16-15)14(5-3-4-6-14)17-7-9-18-10-8-17/h12-13,16H,3-11,15H2,1-2H3. The van der Waals surface area contributed by atoms with E-state index in [0.717, 1.165) is 26.3 Å².